The summed E-state index contributed by atoms with van der Waals surface area (Å²) in [6.07, 6.45) is 1.51. The van der Waals surface area contributed by atoms with Crippen molar-refractivity contribution in [2.24, 2.45) is 0 Å². The number of aryl methyl sites for hydroxylation is 1. The van der Waals surface area contributed by atoms with E-state index in [0.717, 1.165) is 22.4 Å². The summed E-state index contributed by atoms with van der Waals surface area (Å²) in [7, 11) is 1.63. The molecule has 0 radical (unpaired) electrons. The van der Waals surface area contributed by atoms with E-state index < -0.39 is 22.4 Å². The van der Waals surface area contributed by atoms with Gasteiger partial charge in [0.1, 0.15) is 23.9 Å². The molecule has 4 rings (SSSR count). The highest BCUT2D eigenvalue weighted by atomic mass is 32.2. The van der Waals surface area contributed by atoms with Gasteiger partial charge in [-0.15, -0.1) is 11.8 Å². The first-order valence-corrected chi connectivity index (χ1v) is 15.2. The van der Waals surface area contributed by atoms with E-state index in [1.54, 1.807) is 39.6 Å². The van der Waals surface area contributed by atoms with Crippen molar-refractivity contribution in [1.29, 1.82) is 0 Å². The summed E-state index contributed by atoms with van der Waals surface area (Å²) >= 11 is 1.54. The normalized spacial score (nSPS) is 16.5. The third kappa shape index (κ3) is 8.16. The van der Waals surface area contributed by atoms with Crippen molar-refractivity contribution < 1.29 is 23.9 Å². The maximum Gasteiger partial charge on any atom is 0.326 e. The lowest BCUT2D eigenvalue weighted by atomic mass is 9.98. The minimum atomic E-state index is -0.864. The van der Waals surface area contributed by atoms with Crippen molar-refractivity contribution in [1.82, 2.24) is 5.32 Å². The molecule has 7 nitrogen and oxygen atoms in total. The van der Waals surface area contributed by atoms with Crippen LogP contribution in [0.3, 0.4) is 0 Å². The van der Waals surface area contributed by atoms with Crippen LogP contribution in [0.15, 0.2) is 78.9 Å². The molecule has 0 aromatic heterocycles. The highest BCUT2D eigenvalue weighted by Gasteiger charge is 2.39. The number of rotatable bonds is 10. The van der Waals surface area contributed by atoms with Gasteiger partial charge in [0.2, 0.25) is 11.8 Å². The summed E-state index contributed by atoms with van der Waals surface area (Å²) in [6.45, 7) is 7.08. The molecule has 1 N–H and O–H groups in total. The lowest BCUT2D eigenvalue weighted by molar-refractivity contribution is -0.153. The Morgan fingerprint density at radius 1 is 0.929 bits per heavy atom. The number of carbonyl (C=O) groups excluding carboxylic acids is 3. The van der Waals surface area contributed by atoms with Gasteiger partial charge in [-0.05, 0) is 81.8 Å². The number of nitrogens with one attached hydrogen (secondary N) is 1. The number of hydrogen-bond donors (Lipinski definition) is 1. The van der Waals surface area contributed by atoms with Gasteiger partial charge in [-0.1, -0.05) is 60.7 Å². The maximum atomic E-state index is 14.1. The summed E-state index contributed by atoms with van der Waals surface area (Å²) in [5.41, 5.74) is 3.04. The summed E-state index contributed by atoms with van der Waals surface area (Å²) in [6, 6.07) is 24.5. The smallest absolute Gasteiger partial charge is 0.326 e. The van der Waals surface area contributed by atoms with Crippen LogP contribution < -0.4 is 15.0 Å². The number of benzene rings is 3. The molecular weight excluding hydrogens is 548 g/mol. The van der Waals surface area contributed by atoms with Gasteiger partial charge in [0.05, 0.1) is 11.9 Å². The number of methoxy groups -OCH3 is 1. The van der Waals surface area contributed by atoms with Gasteiger partial charge >= 0.3 is 5.97 Å². The van der Waals surface area contributed by atoms with Crippen molar-refractivity contribution in [3.05, 3.63) is 95.6 Å². The lowest BCUT2D eigenvalue weighted by Gasteiger charge is -2.32. The Morgan fingerprint density at radius 2 is 1.60 bits per heavy atom. The van der Waals surface area contributed by atoms with Crippen LogP contribution in [-0.4, -0.2) is 47.8 Å². The summed E-state index contributed by atoms with van der Waals surface area (Å²) in [5, 5.41) is 3.09. The quantitative estimate of drug-likeness (QED) is 0.304. The largest absolute Gasteiger partial charge is 0.497 e. The Kier molecular flexibility index (Phi) is 9.99. The van der Waals surface area contributed by atoms with Crippen LogP contribution in [0, 0.1) is 0 Å². The van der Waals surface area contributed by atoms with Gasteiger partial charge in [-0.3, -0.25) is 19.3 Å². The zero-order valence-corrected chi connectivity index (χ0v) is 25.8. The molecule has 1 heterocycles. The number of carbonyl (C=O) groups is 3. The predicted octanol–water partition coefficient (Wildman–Crippen LogP) is 5.74. The summed E-state index contributed by atoms with van der Waals surface area (Å²) in [5.74, 6) is 0.349. The number of nitrogens with zero attached hydrogens (tertiary/aromatic N) is 1. The highest BCUT2D eigenvalue weighted by Crippen LogP contribution is 2.34. The van der Waals surface area contributed by atoms with Crippen molar-refractivity contribution in [3.8, 4) is 5.75 Å². The Bertz CT molecular complexity index is 1390. The van der Waals surface area contributed by atoms with Gasteiger partial charge in [-0.2, -0.15) is 0 Å². The van der Waals surface area contributed by atoms with Crippen LogP contribution in [0.4, 0.5) is 5.69 Å². The molecule has 0 fully saturated rings. The van der Waals surface area contributed by atoms with Gasteiger partial charge in [-0.25, -0.2) is 0 Å². The molecule has 3 aromatic rings. The fraction of sp³-hybridized carbons (Fsp3) is 0.382. The minimum absolute atomic E-state index is 0.216. The molecule has 0 unspecified atom stereocenters. The van der Waals surface area contributed by atoms with E-state index in [4.69, 9.17) is 9.47 Å². The predicted molar refractivity (Wildman–Crippen MR) is 168 cm³/mol. The zero-order valence-electron chi connectivity index (χ0n) is 25.0. The van der Waals surface area contributed by atoms with E-state index in [0.29, 0.717) is 30.7 Å². The number of thioether (sulfide) groups is 1. The number of hydrogen-bond acceptors (Lipinski definition) is 6. The fourth-order valence-electron chi connectivity index (χ4n) is 4.97. The fourth-order valence-corrected chi connectivity index (χ4v) is 6.11. The van der Waals surface area contributed by atoms with E-state index in [1.807, 2.05) is 85.8 Å². The molecule has 2 amide bonds. The number of ether oxygens (including phenoxy) is 2. The van der Waals surface area contributed by atoms with E-state index in [2.05, 4.69) is 5.32 Å². The standard InChI is InChI=1S/C34H40N2O5S/c1-33(2,3)41-30(37)22-36-29-14-10-9-13-26(29)17-20-28(31(36)38)35-32(39)34(4,21-24-11-7-6-8-12-24)42-23-25-15-18-27(40-5)19-16-25/h6-16,18-19,28H,17,20-23H2,1-5H3,(H,35,39)/t28-,34+/m1/s1. The molecule has 2 atom stereocenters. The van der Waals surface area contributed by atoms with Crippen LogP contribution in [0.2, 0.25) is 0 Å². The van der Waals surface area contributed by atoms with E-state index in [-0.39, 0.29) is 18.4 Å². The van der Waals surface area contributed by atoms with E-state index >= 15 is 0 Å². The van der Waals surface area contributed by atoms with Gasteiger partial charge in [0.25, 0.3) is 0 Å². The second-order valence-electron chi connectivity index (χ2n) is 11.7. The number of anilines is 1. The minimum Gasteiger partial charge on any atom is -0.497 e. The zero-order chi connectivity index (χ0) is 30.3. The molecule has 0 spiro atoms. The topological polar surface area (TPSA) is 84.9 Å². The Labute approximate surface area is 253 Å². The highest BCUT2D eigenvalue weighted by molar-refractivity contribution is 8.00. The second-order valence-corrected chi connectivity index (χ2v) is 13.2. The molecule has 3 aromatic carbocycles. The molecule has 0 bridgehead atoms. The molecule has 1 aliphatic rings. The molecule has 222 valence electrons. The molecule has 42 heavy (non-hydrogen) atoms. The van der Waals surface area contributed by atoms with Crippen LogP contribution in [-0.2, 0) is 37.7 Å². The molecule has 1 aliphatic heterocycles. The molecule has 8 heteroatoms. The Hall–Kier alpha value is -3.78. The van der Waals surface area contributed by atoms with Gasteiger partial charge in [0, 0.05) is 11.4 Å². The van der Waals surface area contributed by atoms with Gasteiger partial charge < -0.3 is 14.8 Å². The van der Waals surface area contributed by atoms with Crippen molar-refractivity contribution in [3.63, 3.8) is 0 Å². The van der Waals surface area contributed by atoms with Crippen LogP contribution >= 0.6 is 11.8 Å². The monoisotopic (exact) mass is 588 g/mol. The number of amides is 2. The van der Waals surface area contributed by atoms with Gasteiger partial charge in [0.15, 0.2) is 0 Å². The molecule has 0 saturated carbocycles. The molecule has 0 saturated heterocycles. The number of esters is 1. The first kappa shape index (κ1) is 31.2. The number of fused-ring (bicyclic) bond motifs is 1. The first-order chi connectivity index (χ1) is 20.0. The van der Waals surface area contributed by atoms with Crippen LogP contribution in [0.25, 0.3) is 0 Å². The third-order valence-electron chi connectivity index (χ3n) is 7.14. The average molecular weight is 589 g/mol. The van der Waals surface area contributed by atoms with Crippen molar-refractivity contribution in [2.75, 3.05) is 18.6 Å². The molecular formula is C34H40N2O5S. The maximum absolute atomic E-state index is 14.1. The van der Waals surface area contributed by atoms with Crippen molar-refractivity contribution in [2.45, 2.75) is 69.1 Å². The Morgan fingerprint density at radius 3 is 2.26 bits per heavy atom. The lowest BCUT2D eigenvalue weighted by Crippen LogP contribution is -2.54. The second kappa shape index (κ2) is 13.5. The SMILES string of the molecule is COc1ccc(CS[C@@](C)(Cc2ccccc2)C(=O)N[C@@H]2CCc3ccccc3N(CC(=O)OC(C)(C)C)C2=O)cc1. The van der Waals surface area contributed by atoms with Crippen LogP contribution in [0.1, 0.15) is 50.8 Å². The van der Waals surface area contributed by atoms with E-state index in [1.165, 1.54) is 4.90 Å². The Balaban J connectivity index is 1.57. The summed E-state index contributed by atoms with van der Waals surface area (Å²) < 4.78 is 9.95. The van der Waals surface area contributed by atoms with Crippen molar-refractivity contribution >= 4 is 35.2 Å². The molecule has 0 aliphatic carbocycles. The first-order valence-electron chi connectivity index (χ1n) is 14.2. The number of para-hydroxylation sites is 1. The third-order valence-corrected chi connectivity index (χ3v) is 8.59. The van der Waals surface area contributed by atoms with E-state index in [9.17, 15) is 14.4 Å². The van der Waals surface area contributed by atoms with Crippen LogP contribution in [0.5, 0.6) is 5.75 Å². The summed E-state index contributed by atoms with van der Waals surface area (Å²) in [4.78, 5) is 42.3. The average Bonchev–Trinajstić information content (AvgIpc) is 3.08.